The van der Waals surface area contributed by atoms with Gasteiger partial charge in [0.15, 0.2) is 0 Å². The third kappa shape index (κ3) is 1.94. The molecule has 0 unspecified atom stereocenters. The van der Waals surface area contributed by atoms with Gasteiger partial charge in [0.2, 0.25) is 0 Å². The first kappa shape index (κ1) is 10.3. The highest BCUT2D eigenvalue weighted by Crippen LogP contribution is 2.30. The summed E-state index contributed by atoms with van der Waals surface area (Å²) in [6.45, 7) is 1.84. The van der Waals surface area contributed by atoms with Crippen molar-refractivity contribution in [3.63, 3.8) is 0 Å². The van der Waals surface area contributed by atoms with Gasteiger partial charge in [0.05, 0.1) is 15.7 Å². The van der Waals surface area contributed by atoms with E-state index in [1.165, 1.54) is 0 Å². The van der Waals surface area contributed by atoms with Crippen molar-refractivity contribution in [2.24, 2.45) is 0 Å². The number of aromatic nitrogens is 2. The number of halogens is 2. The van der Waals surface area contributed by atoms with Gasteiger partial charge in [-0.05, 0) is 19.1 Å². The van der Waals surface area contributed by atoms with Crippen LogP contribution < -0.4 is 5.73 Å². The molecule has 5 heteroatoms. The minimum absolute atomic E-state index is 0.464. The van der Waals surface area contributed by atoms with Crippen LogP contribution in [0.2, 0.25) is 10.0 Å². The van der Waals surface area contributed by atoms with Gasteiger partial charge in [-0.25, -0.2) is 4.98 Å². The lowest BCUT2D eigenvalue weighted by Crippen LogP contribution is -1.88. The Labute approximate surface area is 97.2 Å². The number of nitrogens with one attached hydrogen (secondary N) is 1. The monoisotopic (exact) mass is 241 g/mol. The van der Waals surface area contributed by atoms with Crippen molar-refractivity contribution in [2.75, 3.05) is 5.73 Å². The minimum atomic E-state index is 0.464. The molecule has 0 saturated heterocycles. The summed E-state index contributed by atoms with van der Waals surface area (Å²) in [5.74, 6) is 1.24. The standard InChI is InChI=1S/C10H9Cl2N3/c1-5-14-9(10(13)15-5)6-2-3-7(11)8(12)4-6/h2-4H,13H2,1H3,(H,14,15). The summed E-state index contributed by atoms with van der Waals surface area (Å²) in [7, 11) is 0. The summed E-state index contributed by atoms with van der Waals surface area (Å²) in [6, 6.07) is 5.33. The van der Waals surface area contributed by atoms with Crippen LogP contribution >= 0.6 is 23.2 Å². The number of imidazole rings is 1. The zero-order chi connectivity index (χ0) is 11.0. The van der Waals surface area contributed by atoms with Crippen LogP contribution in [-0.2, 0) is 0 Å². The van der Waals surface area contributed by atoms with Crippen LogP contribution in [0.25, 0.3) is 11.3 Å². The van der Waals surface area contributed by atoms with Crippen LogP contribution in [-0.4, -0.2) is 9.97 Å². The van der Waals surface area contributed by atoms with Gasteiger partial charge >= 0.3 is 0 Å². The fourth-order valence-electron chi connectivity index (χ4n) is 1.38. The molecule has 3 N–H and O–H groups in total. The first-order chi connectivity index (χ1) is 7.08. The predicted octanol–water partition coefficient (Wildman–Crippen LogP) is 3.27. The van der Waals surface area contributed by atoms with E-state index in [-0.39, 0.29) is 0 Å². The number of hydrogen-bond acceptors (Lipinski definition) is 2. The average molecular weight is 242 g/mol. The molecule has 2 rings (SSSR count). The smallest absolute Gasteiger partial charge is 0.149 e. The number of H-pyrrole nitrogens is 1. The van der Waals surface area contributed by atoms with Crippen LogP contribution in [0.15, 0.2) is 18.2 Å². The second kappa shape index (κ2) is 3.76. The molecule has 1 heterocycles. The number of aryl methyl sites for hydroxylation is 1. The zero-order valence-corrected chi connectivity index (χ0v) is 9.52. The number of nitrogens with zero attached hydrogens (tertiary/aromatic N) is 1. The third-order valence-corrected chi connectivity index (χ3v) is 2.80. The molecule has 15 heavy (non-hydrogen) atoms. The van der Waals surface area contributed by atoms with E-state index in [0.29, 0.717) is 15.9 Å². The maximum Gasteiger partial charge on any atom is 0.149 e. The predicted molar refractivity (Wildman–Crippen MR) is 63.2 cm³/mol. The van der Waals surface area contributed by atoms with Crippen LogP contribution in [0.5, 0.6) is 0 Å². The number of rotatable bonds is 1. The topological polar surface area (TPSA) is 54.7 Å². The summed E-state index contributed by atoms with van der Waals surface area (Å²) in [5, 5.41) is 1.02. The van der Waals surface area contributed by atoms with E-state index < -0.39 is 0 Å². The average Bonchev–Trinajstić information content (AvgIpc) is 2.50. The van der Waals surface area contributed by atoms with Crippen molar-refractivity contribution in [2.45, 2.75) is 6.92 Å². The normalized spacial score (nSPS) is 10.6. The lowest BCUT2D eigenvalue weighted by molar-refractivity contribution is 1.15. The molecule has 0 aliphatic carbocycles. The number of hydrogen-bond donors (Lipinski definition) is 2. The lowest BCUT2D eigenvalue weighted by Gasteiger charge is -2.01. The van der Waals surface area contributed by atoms with Crippen LogP contribution in [0, 0.1) is 6.92 Å². The maximum atomic E-state index is 5.92. The third-order valence-electron chi connectivity index (χ3n) is 2.06. The van der Waals surface area contributed by atoms with Gasteiger partial charge in [0.25, 0.3) is 0 Å². The zero-order valence-electron chi connectivity index (χ0n) is 8.01. The molecule has 0 fully saturated rings. The number of aromatic amines is 1. The molecule has 0 saturated carbocycles. The Morgan fingerprint density at radius 2 is 2.00 bits per heavy atom. The Morgan fingerprint density at radius 1 is 1.27 bits per heavy atom. The molecule has 0 radical (unpaired) electrons. The molecule has 3 nitrogen and oxygen atoms in total. The number of nitrogen functional groups attached to an aromatic ring is 1. The Morgan fingerprint density at radius 3 is 2.53 bits per heavy atom. The van der Waals surface area contributed by atoms with E-state index in [4.69, 9.17) is 28.9 Å². The van der Waals surface area contributed by atoms with Crippen molar-refractivity contribution in [1.29, 1.82) is 0 Å². The van der Waals surface area contributed by atoms with Gasteiger partial charge in [-0.15, -0.1) is 0 Å². The molecular formula is C10H9Cl2N3. The van der Waals surface area contributed by atoms with Gasteiger partial charge < -0.3 is 10.7 Å². The molecular weight excluding hydrogens is 233 g/mol. The van der Waals surface area contributed by atoms with E-state index in [9.17, 15) is 0 Å². The first-order valence-electron chi connectivity index (χ1n) is 4.35. The molecule has 0 amide bonds. The molecule has 1 aromatic heterocycles. The lowest BCUT2D eigenvalue weighted by atomic mass is 10.1. The van der Waals surface area contributed by atoms with E-state index >= 15 is 0 Å². The van der Waals surface area contributed by atoms with Crippen LogP contribution in [0.4, 0.5) is 5.82 Å². The summed E-state index contributed by atoms with van der Waals surface area (Å²) in [4.78, 5) is 7.16. The SMILES string of the molecule is Cc1nc(N)c(-c2ccc(Cl)c(Cl)c2)[nH]1. The Hall–Kier alpha value is -1.19. The van der Waals surface area contributed by atoms with Crippen molar-refractivity contribution >= 4 is 29.0 Å². The highest BCUT2D eigenvalue weighted by atomic mass is 35.5. The largest absolute Gasteiger partial charge is 0.382 e. The Bertz CT molecular complexity index is 505. The second-order valence-corrected chi connectivity index (χ2v) is 4.03. The van der Waals surface area contributed by atoms with Gasteiger partial charge in [-0.3, -0.25) is 0 Å². The minimum Gasteiger partial charge on any atom is -0.382 e. The fraction of sp³-hybridized carbons (Fsp3) is 0.100. The molecule has 1 aromatic carbocycles. The van der Waals surface area contributed by atoms with Crippen LogP contribution in [0.1, 0.15) is 5.82 Å². The quantitative estimate of drug-likeness (QED) is 0.806. The van der Waals surface area contributed by atoms with Gasteiger partial charge in [0.1, 0.15) is 11.6 Å². The molecule has 0 atom stereocenters. The fourth-order valence-corrected chi connectivity index (χ4v) is 1.68. The van der Waals surface area contributed by atoms with Crippen molar-refractivity contribution in [1.82, 2.24) is 9.97 Å². The Balaban J connectivity index is 2.54. The van der Waals surface area contributed by atoms with Crippen molar-refractivity contribution in [3.8, 4) is 11.3 Å². The van der Waals surface area contributed by atoms with Gasteiger partial charge in [0, 0.05) is 5.56 Å². The molecule has 78 valence electrons. The number of anilines is 1. The summed E-state index contributed by atoms with van der Waals surface area (Å²) >= 11 is 11.7. The highest BCUT2D eigenvalue weighted by molar-refractivity contribution is 6.42. The first-order valence-corrected chi connectivity index (χ1v) is 5.11. The highest BCUT2D eigenvalue weighted by Gasteiger charge is 2.08. The van der Waals surface area contributed by atoms with Crippen LogP contribution in [0.3, 0.4) is 0 Å². The maximum absolute atomic E-state index is 5.92. The van der Waals surface area contributed by atoms with Gasteiger partial charge in [-0.2, -0.15) is 0 Å². The summed E-state index contributed by atoms with van der Waals surface area (Å²) < 4.78 is 0. The number of benzene rings is 1. The molecule has 0 spiro atoms. The molecule has 0 bridgehead atoms. The van der Waals surface area contributed by atoms with Crippen molar-refractivity contribution < 1.29 is 0 Å². The number of nitrogens with two attached hydrogens (primary N) is 1. The summed E-state index contributed by atoms with van der Waals surface area (Å²) in [5.41, 5.74) is 7.39. The van der Waals surface area contributed by atoms with E-state index in [1.54, 1.807) is 12.1 Å². The summed E-state index contributed by atoms with van der Waals surface area (Å²) in [6.07, 6.45) is 0. The van der Waals surface area contributed by atoms with E-state index in [2.05, 4.69) is 9.97 Å². The van der Waals surface area contributed by atoms with E-state index in [1.807, 2.05) is 13.0 Å². The Kier molecular flexibility index (Phi) is 2.59. The van der Waals surface area contributed by atoms with Crippen molar-refractivity contribution in [3.05, 3.63) is 34.1 Å². The second-order valence-electron chi connectivity index (χ2n) is 3.21. The molecule has 2 aromatic rings. The van der Waals surface area contributed by atoms with Gasteiger partial charge in [-0.1, -0.05) is 29.3 Å². The molecule has 0 aliphatic heterocycles. The molecule has 0 aliphatic rings. The van der Waals surface area contributed by atoms with E-state index in [0.717, 1.165) is 17.1 Å².